The summed E-state index contributed by atoms with van der Waals surface area (Å²) < 4.78 is 5.17. The minimum Gasteiger partial charge on any atom is -0.497 e. The highest BCUT2D eigenvalue weighted by Gasteiger charge is 2.26. The van der Waals surface area contributed by atoms with Gasteiger partial charge in [-0.2, -0.15) is 0 Å². The van der Waals surface area contributed by atoms with Gasteiger partial charge in [0.15, 0.2) is 0 Å². The lowest BCUT2D eigenvalue weighted by atomic mass is 10.1. The van der Waals surface area contributed by atoms with Gasteiger partial charge >= 0.3 is 0 Å². The topological polar surface area (TPSA) is 55.6 Å². The highest BCUT2D eigenvalue weighted by molar-refractivity contribution is 5.94. The van der Waals surface area contributed by atoms with E-state index in [-0.39, 0.29) is 5.91 Å². The number of benzene rings is 1. The lowest BCUT2D eigenvalue weighted by molar-refractivity contribution is 0.0687. The third kappa shape index (κ3) is 3.26. The summed E-state index contributed by atoms with van der Waals surface area (Å²) in [5, 5.41) is 0. The molecular formula is C15H22N2O2. The van der Waals surface area contributed by atoms with Gasteiger partial charge in [-0.25, -0.2) is 0 Å². The number of nitrogens with two attached hydrogens (primary N) is 1. The van der Waals surface area contributed by atoms with Crippen molar-refractivity contribution in [3.05, 3.63) is 29.8 Å². The predicted molar refractivity (Wildman–Crippen MR) is 75.3 cm³/mol. The molecule has 1 fully saturated rings. The van der Waals surface area contributed by atoms with Crippen LogP contribution in [0.2, 0.25) is 0 Å². The molecule has 0 aliphatic heterocycles. The third-order valence-corrected chi connectivity index (χ3v) is 3.71. The maximum Gasteiger partial charge on any atom is 0.254 e. The van der Waals surface area contributed by atoms with Gasteiger partial charge in [-0.3, -0.25) is 4.79 Å². The first-order valence-electron chi connectivity index (χ1n) is 6.91. The first kappa shape index (κ1) is 13.9. The summed E-state index contributed by atoms with van der Waals surface area (Å²) in [5.74, 6) is 0.779. The summed E-state index contributed by atoms with van der Waals surface area (Å²) in [5.41, 5.74) is 6.33. The van der Waals surface area contributed by atoms with Crippen LogP contribution in [0.1, 0.15) is 36.0 Å². The molecule has 0 radical (unpaired) electrons. The van der Waals surface area contributed by atoms with Gasteiger partial charge in [-0.05, 0) is 31.0 Å². The molecule has 2 rings (SSSR count). The van der Waals surface area contributed by atoms with E-state index >= 15 is 0 Å². The van der Waals surface area contributed by atoms with Crippen molar-refractivity contribution in [1.29, 1.82) is 0 Å². The van der Waals surface area contributed by atoms with E-state index in [1.807, 2.05) is 23.1 Å². The second-order valence-electron chi connectivity index (χ2n) is 4.96. The summed E-state index contributed by atoms with van der Waals surface area (Å²) in [4.78, 5) is 14.5. The Balaban J connectivity index is 2.17. The van der Waals surface area contributed by atoms with Crippen LogP contribution in [0.3, 0.4) is 0 Å². The smallest absolute Gasteiger partial charge is 0.254 e. The second-order valence-corrected chi connectivity index (χ2v) is 4.96. The Morgan fingerprint density at radius 2 is 2.16 bits per heavy atom. The van der Waals surface area contributed by atoms with Crippen LogP contribution >= 0.6 is 0 Å². The van der Waals surface area contributed by atoms with Crippen LogP contribution in [0.4, 0.5) is 0 Å². The number of amides is 1. The summed E-state index contributed by atoms with van der Waals surface area (Å²) >= 11 is 0. The molecule has 104 valence electrons. The molecule has 1 aliphatic rings. The second kappa shape index (κ2) is 6.57. The molecule has 19 heavy (non-hydrogen) atoms. The Kier molecular flexibility index (Phi) is 4.80. The van der Waals surface area contributed by atoms with Crippen molar-refractivity contribution in [1.82, 2.24) is 4.90 Å². The van der Waals surface area contributed by atoms with Crippen molar-refractivity contribution >= 4 is 5.91 Å². The first-order chi connectivity index (χ1) is 9.26. The number of hydrogen-bond donors (Lipinski definition) is 1. The molecule has 1 aromatic rings. The van der Waals surface area contributed by atoms with E-state index in [4.69, 9.17) is 10.5 Å². The van der Waals surface area contributed by atoms with Gasteiger partial charge in [0, 0.05) is 24.7 Å². The van der Waals surface area contributed by atoms with Crippen molar-refractivity contribution in [2.24, 2.45) is 5.73 Å². The van der Waals surface area contributed by atoms with Gasteiger partial charge in [0.2, 0.25) is 0 Å². The van der Waals surface area contributed by atoms with Gasteiger partial charge in [-0.15, -0.1) is 0 Å². The average molecular weight is 262 g/mol. The van der Waals surface area contributed by atoms with E-state index in [2.05, 4.69) is 0 Å². The maximum absolute atomic E-state index is 12.6. The molecule has 1 saturated carbocycles. The van der Waals surface area contributed by atoms with E-state index in [9.17, 15) is 4.79 Å². The number of methoxy groups -OCH3 is 1. The van der Waals surface area contributed by atoms with Gasteiger partial charge in [0.05, 0.1) is 7.11 Å². The zero-order valence-electron chi connectivity index (χ0n) is 11.5. The van der Waals surface area contributed by atoms with Gasteiger partial charge in [0.25, 0.3) is 5.91 Å². The fourth-order valence-electron chi connectivity index (χ4n) is 2.73. The number of ether oxygens (including phenoxy) is 1. The monoisotopic (exact) mass is 262 g/mol. The van der Waals surface area contributed by atoms with Crippen LogP contribution in [0, 0.1) is 0 Å². The third-order valence-electron chi connectivity index (χ3n) is 3.71. The Bertz CT molecular complexity index is 428. The molecule has 0 atom stereocenters. The largest absolute Gasteiger partial charge is 0.497 e. The Morgan fingerprint density at radius 1 is 1.42 bits per heavy atom. The van der Waals surface area contributed by atoms with Crippen LogP contribution in [-0.2, 0) is 0 Å². The van der Waals surface area contributed by atoms with Crippen molar-refractivity contribution in [2.75, 3.05) is 20.2 Å². The van der Waals surface area contributed by atoms with Gasteiger partial charge < -0.3 is 15.4 Å². The maximum atomic E-state index is 12.6. The molecule has 1 aliphatic carbocycles. The number of nitrogens with zero attached hydrogens (tertiary/aromatic N) is 1. The summed E-state index contributed by atoms with van der Waals surface area (Å²) in [6, 6.07) is 7.67. The van der Waals surface area contributed by atoms with E-state index < -0.39 is 0 Å². The standard InChI is InChI=1S/C15H22N2O2/c1-19-14-8-4-5-12(11-14)15(18)17(10-9-16)13-6-2-3-7-13/h4-5,8,11,13H,2-3,6-7,9-10,16H2,1H3. The fourth-order valence-corrected chi connectivity index (χ4v) is 2.73. The fraction of sp³-hybridized carbons (Fsp3) is 0.533. The molecule has 2 N–H and O–H groups in total. The van der Waals surface area contributed by atoms with Crippen LogP contribution in [0.25, 0.3) is 0 Å². The van der Waals surface area contributed by atoms with E-state index in [1.54, 1.807) is 13.2 Å². The minimum atomic E-state index is 0.0660. The van der Waals surface area contributed by atoms with Crippen molar-refractivity contribution in [2.45, 2.75) is 31.7 Å². The average Bonchev–Trinajstić information content (AvgIpc) is 2.98. The molecule has 0 saturated heterocycles. The number of carbonyl (C=O) groups excluding carboxylic acids is 1. The lowest BCUT2D eigenvalue weighted by Gasteiger charge is -2.28. The highest BCUT2D eigenvalue weighted by Crippen LogP contribution is 2.25. The normalized spacial score (nSPS) is 15.5. The number of carbonyl (C=O) groups is 1. The van der Waals surface area contributed by atoms with Crippen LogP contribution in [0.5, 0.6) is 5.75 Å². The molecule has 4 heteroatoms. The number of rotatable bonds is 5. The predicted octanol–water partition coefficient (Wildman–Crippen LogP) is 2.04. The zero-order valence-corrected chi connectivity index (χ0v) is 11.5. The van der Waals surface area contributed by atoms with E-state index in [1.165, 1.54) is 12.8 Å². The highest BCUT2D eigenvalue weighted by atomic mass is 16.5. The van der Waals surface area contributed by atoms with Crippen LogP contribution < -0.4 is 10.5 Å². The lowest BCUT2D eigenvalue weighted by Crippen LogP contribution is -2.41. The summed E-state index contributed by atoms with van der Waals surface area (Å²) in [6.45, 7) is 1.13. The van der Waals surface area contributed by atoms with Crippen molar-refractivity contribution in [3.63, 3.8) is 0 Å². The van der Waals surface area contributed by atoms with Crippen LogP contribution in [0.15, 0.2) is 24.3 Å². The summed E-state index contributed by atoms with van der Waals surface area (Å²) in [6.07, 6.45) is 4.60. The molecule has 1 amide bonds. The van der Waals surface area contributed by atoms with Crippen molar-refractivity contribution < 1.29 is 9.53 Å². The molecule has 0 heterocycles. The summed E-state index contributed by atoms with van der Waals surface area (Å²) in [7, 11) is 1.61. The van der Waals surface area contributed by atoms with Gasteiger partial charge in [0.1, 0.15) is 5.75 Å². The minimum absolute atomic E-state index is 0.0660. The molecule has 0 unspecified atom stereocenters. The van der Waals surface area contributed by atoms with Gasteiger partial charge in [-0.1, -0.05) is 18.9 Å². The zero-order chi connectivity index (χ0) is 13.7. The Labute approximate surface area is 114 Å². The first-order valence-corrected chi connectivity index (χ1v) is 6.91. The molecule has 0 spiro atoms. The van der Waals surface area contributed by atoms with Crippen molar-refractivity contribution in [3.8, 4) is 5.75 Å². The molecule has 0 bridgehead atoms. The molecule has 1 aromatic carbocycles. The molecule has 0 aromatic heterocycles. The van der Waals surface area contributed by atoms with E-state index in [0.717, 1.165) is 12.8 Å². The molecular weight excluding hydrogens is 240 g/mol. The van der Waals surface area contributed by atoms with E-state index in [0.29, 0.717) is 30.4 Å². The molecule has 4 nitrogen and oxygen atoms in total. The SMILES string of the molecule is COc1cccc(C(=O)N(CCN)C2CCCC2)c1. The van der Waals surface area contributed by atoms with Crippen LogP contribution in [-0.4, -0.2) is 37.0 Å². The number of hydrogen-bond acceptors (Lipinski definition) is 3. The quantitative estimate of drug-likeness (QED) is 0.883. The Hall–Kier alpha value is -1.55. The Morgan fingerprint density at radius 3 is 2.79 bits per heavy atom.